The number of carbonyl (C=O) groups is 2. The second kappa shape index (κ2) is 6.62. The maximum atomic E-state index is 12.4. The summed E-state index contributed by atoms with van der Waals surface area (Å²) in [7, 11) is 0. The van der Waals surface area contributed by atoms with Crippen molar-refractivity contribution in [3.05, 3.63) is 0 Å². The molecular formula is C14H25N3O4. The molecule has 7 heteroatoms. The zero-order valence-corrected chi connectivity index (χ0v) is 12.7. The molecule has 0 spiro atoms. The molecule has 120 valence electrons. The molecule has 0 aromatic carbocycles. The van der Waals surface area contributed by atoms with E-state index in [9.17, 15) is 14.7 Å². The van der Waals surface area contributed by atoms with Crippen LogP contribution in [-0.2, 0) is 4.79 Å². The molecule has 0 aromatic heterocycles. The van der Waals surface area contributed by atoms with Crippen molar-refractivity contribution in [2.45, 2.75) is 32.4 Å². The van der Waals surface area contributed by atoms with E-state index in [0.717, 1.165) is 19.6 Å². The van der Waals surface area contributed by atoms with Gasteiger partial charge in [-0.05, 0) is 5.92 Å². The van der Waals surface area contributed by atoms with E-state index in [-0.39, 0.29) is 19.0 Å². The third-order valence-electron chi connectivity index (χ3n) is 4.08. The maximum absolute atomic E-state index is 12.4. The Morgan fingerprint density at radius 1 is 1.19 bits per heavy atom. The Morgan fingerprint density at radius 3 is 2.33 bits per heavy atom. The van der Waals surface area contributed by atoms with Crippen LogP contribution in [-0.4, -0.2) is 88.3 Å². The number of hydrogen-bond donors (Lipinski definition) is 2. The van der Waals surface area contributed by atoms with E-state index >= 15 is 0 Å². The molecule has 2 fully saturated rings. The number of nitrogens with zero attached hydrogens (tertiary/aromatic N) is 3. The van der Waals surface area contributed by atoms with Gasteiger partial charge < -0.3 is 20.0 Å². The fourth-order valence-corrected chi connectivity index (χ4v) is 3.08. The monoisotopic (exact) mass is 299 g/mol. The number of carbonyl (C=O) groups excluding carboxylic acids is 1. The summed E-state index contributed by atoms with van der Waals surface area (Å²) in [6.45, 7) is 8.33. The summed E-state index contributed by atoms with van der Waals surface area (Å²) in [5.41, 5.74) is 0. The lowest BCUT2D eigenvalue weighted by atomic mass is 10.2. The molecule has 0 bridgehead atoms. The number of β-amino-alcohol motifs (C(OH)–C–C–N with tert-alkyl or cyclic N) is 1. The van der Waals surface area contributed by atoms with Gasteiger partial charge >= 0.3 is 12.0 Å². The lowest BCUT2D eigenvalue weighted by Gasteiger charge is -2.38. The first kappa shape index (κ1) is 16.0. The van der Waals surface area contributed by atoms with E-state index in [0.29, 0.717) is 19.0 Å². The fraction of sp³-hybridized carbons (Fsp3) is 0.857. The Morgan fingerprint density at radius 2 is 1.81 bits per heavy atom. The largest absolute Gasteiger partial charge is 0.480 e. The van der Waals surface area contributed by atoms with E-state index in [4.69, 9.17) is 5.11 Å². The highest BCUT2D eigenvalue weighted by atomic mass is 16.4. The number of aliphatic hydroxyl groups excluding tert-OH is 1. The summed E-state index contributed by atoms with van der Waals surface area (Å²) < 4.78 is 0. The minimum atomic E-state index is -1.04. The lowest BCUT2D eigenvalue weighted by Crippen LogP contribution is -2.55. The van der Waals surface area contributed by atoms with Crippen LogP contribution in [0.4, 0.5) is 4.79 Å². The zero-order valence-electron chi connectivity index (χ0n) is 12.7. The van der Waals surface area contributed by atoms with Crippen LogP contribution in [0.1, 0.15) is 20.3 Å². The molecule has 2 atom stereocenters. The molecule has 2 amide bonds. The van der Waals surface area contributed by atoms with Crippen molar-refractivity contribution in [2.75, 3.05) is 39.3 Å². The van der Waals surface area contributed by atoms with Gasteiger partial charge in [0.2, 0.25) is 0 Å². The Kier molecular flexibility index (Phi) is 5.05. The van der Waals surface area contributed by atoms with Crippen LogP contribution < -0.4 is 0 Å². The quantitative estimate of drug-likeness (QED) is 0.760. The van der Waals surface area contributed by atoms with Crippen LogP contribution in [0.5, 0.6) is 0 Å². The number of amides is 2. The first-order valence-corrected chi connectivity index (χ1v) is 7.57. The Hall–Kier alpha value is -1.34. The molecule has 2 aliphatic heterocycles. The van der Waals surface area contributed by atoms with Crippen LogP contribution in [0.3, 0.4) is 0 Å². The van der Waals surface area contributed by atoms with E-state index in [1.807, 2.05) is 0 Å². The molecule has 0 radical (unpaired) electrons. The number of likely N-dealkylation sites (tertiary alicyclic amines) is 1. The van der Waals surface area contributed by atoms with Crippen molar-refractivity contribution in [3.8, 4) is 0 Å². The minimum absolute atomic E-state index is 0.113. The predicted molar refractivity (Wildman–Crippen MR) is 77.0 cm³/mol. The maximum Gasteiger partial charge on any atom is 0.326 e. The summed E-state index contributed by atoms with van der Waals surface area (Å²) in [6.07, 6.45) is -0.619. The van der Waals surface area contributed by atoms with Crippen LogP contribution in [0.25, 0.3) is 0 Å². The van der Waals surface area contributed by atoms with Gasteiger partial charge in [0.1, 0.15) is 6.04 Å². The highest BCUT2D eigenvalue weighted by Gasteiger charge is 2.41. The van der Waals surface area contributed by atoms with Crippen molar-refractivity contribution < 1.29 is 19.8 Å². The number of urea groups is 1. The molecule has 2 aliphatic rings. The van der Waals surface area contributed by atoms with Crippen LogP contribution in [0.15, 0.2) is 0 Å². The molecule has 2 N–H and O–H groups in total. The number of aliphatic hydroxyl groups is 1. The summed E-state index contributed by atoms with van der Waals surface area (Å²) in [4.78, 5) is 29.0. The van der Waals surface area contributed by atoms with Crippen molar-refractivity contribution in [1.29, 1.82) is 0 Å². The Bertz CT molecular complexity index is 394. The minimum Gasteiger partial charge on any atom is -0.480 e. The molecule has 2 rings (SSSR count). The van der Waals surface area contributed by atoms with Gasteiger partial charge in [-0.2, -0.15) is 0 Å². The zero-order chi connectivity index (χ0) is 15.6. The molecule has 0 unspecified atom stereocenters. The first-order valence-electron chi connectivity index (χ1n) is 7.57. The van der Waals surface area contributed by atoms with E-state index in [1.54, 1.807) is 4.90 Å². The average Bonchev–Trinajstić information content (AvgIpc) is 2.80. The normalized spacial score (nSPS) is 27.4. The highest BCUT2D eigenvalue weighted by molar-refractivity contribution is 5.83. The first-order chi connectivity index (χ1) is 9.88. The topological polar surface area (TPSA) is 84.3 Å². The van der Waals surface area contributed by atoms with Crippen molar-refractivity contribution >= 4 is 12.0 Å². The molecule has 2 saturated heterocycles. The van der Waals surface area contributed by atoms with Crippen LogP contribution >= 0.6 is 0 Å². The van der Waals surface area contributed by atoms with Crippen molar-refractivity contribution in [2.24, 2.45) is 5.92 Å². The second-order valence-corrected chi connectivity index (χ2v) is 6.36. The molecule has 0 saturated carbocycles. The lowest BCUT2D eigenvalue weighted by molar-refractivity contribution is -0.141. The SMILES string of the molecule is CC(C)CN1CCN(C(=O)N2C[C@@H](O)C[C@H]2C(=O)O)CC1. The third-order valence-corrected chi connectivity index (χ3v) is 4.08. The van der Waals surface area contributed by atoms with Gasteiger partial charge in [0, 0.05) is 45.7 Å². The molecule has 2 heterocycles. The Balaban J connectivity index is 1.91. The summed E-state index contributed by atoms with van der Waals surface area (Å²) >= 11 is 0. The molecule has 0 aliphatic carbocycles. The number of piperazine rings is 1. The van der Waals surface area contributed by atoms with Gasteiger partial charge in [-0.3, -0.25) is 4.90 Å². The smallest absolute Gasteiger partial charge is 0.326 e. The number of aliphatic carboxylic acids is 1. The highest BCUT2D eigenvalue weighted by Crippen LogP contribution is 2.20. The van der Waals surface area contributed by atoms with Crippen LogP contribution in [0, 0.1) is 5.92 Å². The van der Waals surface area contributed by atoms with E-state index in [1.165, 1.54) is 4.90 Å². The third kappa shape index (κ3) is 3.85. The standard InChI is InChI=1S/C14H25N3O4/c1-10(2)8-15-3-5-16(6-4-15)14(21)17-9-11(18)7-12(17)13(19)20/h10-12,18H,3-9H2,1-2H3,(H,19,20)/t11-,12-/m0/s1. The van der Waals surface area contributed by atoms with Gasteiger partial charge in [-0.15, -0.1) is 0 Å². The van der Waals surface area contributed by atoms with E-state index < -0.39 is 18.1 Å². The molecular weight excluding hydrogens is 274 g/mol. The van der Waals surface area contributed by atoms with Gasteiger partial charge in [0.15, 0.2) is 0 Å². The molecule has 21 heavy (non-hydrogen) atoms. The summed E-state index contributed by atoms with van der Waals surface area (Å²) in [5.74, 6) is -0.448. The second-order valence-electron chi connectivity index (χ2n) is 6.36. The summed E-state index contributed by atoms with van der Waals surface area (Å²) in [5, 5.41) is 18.8. The number of carboxylic acids is 1. The number of hydrogen-bond acceptors (Lipinski definition) is 4. The molecule has 0 aromatic rings. The number of rotatable bonds is 3. The van der Waals surface area contributed by atoms with Gasteiger partial charge in [0.05, 0.1) is 6.10 Å². The average molecular weight is 299 g/mol. The van der Waals surface area contributed by atoms with Gasteiger partial charge in [0.25, 0.3) is 0 Å². The van der Waals surface area contributed by atoms with Gasteiger partial charge in [-0.1, -0.05) is 13.8 Å². The van der Waals surface area contributed by atoms with Crippen molar-refractivity contribution in [1.82, 2.24) is 14.7 Å². The van der Waals surface area contributed by atoms with Crippen LogP contribution in [0.2, 0.25) is 0 Å². The molecule has 7 nitrogen and oxygen atoms in total. The van der Waals surface area contributed by atoms with Gasteiger partial charge in [-0.25, -0.2) is 9.59 Å². The van der Waals surface area contributed by atoms with E-state index in [2.05, 4.69) is 18.7 Å². The Labute approximate surface area is 125 Å². The fourth-order valence-electron chi connectivity index (χ4n) is 3.08. The summed E-state index contributed by atoms with van der Waals surface area (Å²) in [6, 6.07) is -1.16. The predicted octanol–water partition coefficient (Wildman–Crippen LogP) is -0.100. The van der Waals surface area contributed by atoms with Crippen molar-refractivity contribution in [3.63, 3.8) is 0 Å². The number of carboxylic acid groups (broad SMARTS) is 1.